The molecule has 1 aliphatic heterocycles. The van der Waals surface area contributed by atoms with E-state index >= 15 is 0 Å². The lowest BCUT2D eigenvalue weighted by atomic mass is 10.1. The van der Waals surface area contributed by atoms with E-state index in [0.717, 1.165) is 48.4 Å². The highest BCUT2D eigenvalue weighted by atomic mass is 16.5. The maximum absolute atomic E-state index is 12.8. The Bertz CT molecular complexity index is 1300. The second kappa shape index (κ2) is 10.0. The van der Waals surface area contributed by atoms with E-state index in [4.69, 9.17) is 4.74 Å². The van der Waals surface area contributed by atoms with Crippen LogP contribution in [0.4, 0.5) is 0 Å². The SMILES string of the molecule is CC.Cc1ccc(COc2ccn(-c3ccc4c5c(n(C)c4c3)CCCNC5)c(=O)c2)cn1. The van der Waals surface area contributed by atoms with E-state index in [1.807, 2.05) is 45.0 Å². The maximum atomic E-state index is 12.8. The topological polar surface area (TPSA) is 61.1 Å². The molecule has 0 radical (unpaired) electrons. The molecule has 5 rings (SSSR count). The van der Waals surface area contributed by atoms with E-state index in [2.05, 4.69) is 34.0 Å². The summed E-state index contributed by atoms with van der Waals surface area (Å²) < 4.78 is 9.74. The molecule has 0 aliphatic carbocycles. The highest BCUT2D eigenvalue weighted by Gasteiger charge is 2.17. The lowest BCUT2D eigenvalue weighted by Crippen LogP contribution is -2.16. The van der Waals surface area contributed by atoms with Crippen molar-refractivity contribution in [2.75, 3.05) is 6.54 Å². The van der Waals surface area contributed by atoms with E-state index in [-0.39, 0.29) is 5.56 Å². The van der Waals surface area contributed by atoms with Crippen molar-refractivity contribution in [3.63, 3.8) is 0 Å². The number of hydrogen-bond acceptors (Lipinski definition) is 4. The van der Waals surface area contributed by atoms with Gasteiger partial charge in [0.1, 0.15) is 12.4 Å². The smallest absolute Gasteiger partial charge is 0.258 e. The normalized spacial score (nSPS) is 13.1. The van der Waals surface area contributed by atoms with Crippen LogP contribution in [0.25, 0.3) is 16.6 Å². The molecule has 4 heterocycles. The van der Waals surface area contributed by atoms with E-state index in [9.17, 15) is 4.79 Å². The molecule has 0 unspecified atom stereocenters. The molecule has 3 aromatic heterocycles. The van der Waals surface area contributed by atoms with Crippen molar-refractivity contribution < 1.29 is 4.74 Å². The van der Waals surface area contributed by atoms with Crippen LogP contribution in [0.2, 0.25) is 0 Å². The molecule has 0 amide bonds. The Morgan fingerprint density at radius 1 is 1.12 bits per heavy atom. The lowest BCUT2D eigenvalue weighted by Gasteiger charge is -2.10. The second-order valence-electron chi connectivity index (χ2n) is 8.13. The first kappa shape index (κ1) is 22.8. The average molecular weight is 445 g/mol. The minimum absolute atomic E-state index is 0.115. The number of fused-ring (bicyclic) bond motifs is 3. The van der Waals surface area contributed by atoms with Gasteiger partial charge in [-0.2, -0.15) is 0 Å². The Morgan fingerprint density at radius 3 is 2.73 bits per heavy atom. The van der Waals surface area contributed by atoms with Gasteiger partial charge in [-0.15, -0.1) is 0 Å². The highest BCUT2D eigenvalue weighted by molar-refractivity contribution is 5.87. The third-order valence-electron chi connectivity index (χ3n) is 6.04. The first-order chi connectivity index (χ1) is 16.1. The highest BCUT2D eigenvalue weighted by Crippen LogP contribution is 2.29. The van der Waals surface area contributed by atoms with Gasteiger partial charge in [0.2, 0.25) is 0 Å². The molecule has 0 spiro atoms. The van der Waals surface area contributed by atoms with Crippen LogP contribution in [-0.2, 0) is 26.6 Å². The second-order valence-corrected chi connectivity index (χ2v) is 8.13. The van der Waals surface area contributed by atoms with E-state index in [1.54, 1.807) is 17.0 Å². The quantitative estimate of drug-likeness (QED) is 0.497. The number of aromatic nitrogens is 3. The molecule has 1 aliphatic rings. The van der Waals surface area contributed by atoms with Gasteiger partial charge in [-0.1, -0.05) is 26.0 Å². The van der Waals surface area contributed by atoms with Crippen molar-refractivity contribution in [3.05, 3.63) is 87.7 Å². The van der Waals surface area contributed by atoms with E-state index in [1.165, 1.54) is 22.7 Å². The molecule has 4 aromatic rings. The van der Waals surface area contributed by atoms with Gasteiger partial charge in [-0.25, -0.2) is 0 Å². The number of benzene rings is 1. The first-order valence-electron chi connectivity index (χ1n) is 11.7. The number of ether oxygens (including phenoxy) is 1. The van der Waals surface area contributed by atoms with Crippen LogP contribution in [0.5, 0.6) is 5.75 Å². The molecule has 0 bridgehead atoms. The standard InChI is InChI=1S/C25H26N4O2.C2H6/c1-17-5-6-18(14-27-17)16-31-20-9-11-29(25(30)13-20)19-7-8-21-22-15-26-10-3-4-23(22)28(2)24(21)12-19;1-2/h5-9,11-14,26H,3-4,10,15-16H2,1-2H3;1-2H3. The van der Waals surface area contributed by atoms with Crippen molar-refractivity contribution in [2.45, 2.75) is 46.8 Å². The Morgan fingerprint density at radius 2 is 1.97 bits per heavy atom. The minimum Gasteiger partial charge on any atom is -0.489 e. The summed E-state index contributed by atoms with van der Waals surface area (Å²) in [5, 5.41) is 4.77. The number of aryl methyl sites for hydroxylation is 2. The zero-order valence-electron chi connectivity index (χ0n) is 19.9. The number of rotatable bonds is 4. The van der Waals surface area contributed by atoms with Crippen LogP contribution >= 0.6 is 0 Å². The van der Waals surface area contributed by atoms with Crippen LogP contribution in [0.3, 0.4) is 0 Å². The lowest BCUT2D eigenvalue weighted by molar-refractivity contribution is 0.304. The van der Waals surface area contributed by atoms with Crippen molar-refractivity contribution in [1.29, 1.82) is 0 Å². The summed E-state index contributed by atoms with van der Waals surface area (Å²) in [6.45, 7) is 8.28. The van der Waals surface area contributed by atoms with Gasteiger partial charge in [0, 0.05) is 54.4 Å². The number of hydrogen-bond donors (Lipinski definition) is 1. The van der Waals surface area contributed by atoms with Gasteiger partial charge in [-0.05, 0) is 56.1 Å². The van der Waals surface area contributed by atoms with Gasteiger partial charge < -0.3 is 14.6 Å². The van der Waals surface area contributed by atoms with Gasteiger partial charge in [0.25, 0.3) is 5.56 Å². The van der Waals surface area contributed by atoms with Gasteiger partial charge >= 0.3 is 0 Å². The molecule has 33 heavy (non-hydrogen) atoms. The van der Waals surface area contributed by atoms with Crippen LogP contribution < -0.4 is 15.6 Å². The van der Waals surface area contributed by atoms with E-state index in [0.29, 0.717) is 12.4 Å². The van der Waals surface area contributed by atoms with Crippen molar-refractivity contribution in [3.8, 4) is 11.4 Å². The molecule has 0 saturated heterocycles. The van der Waals surface area contributed by atoms with Crippen LogP contribution in [0.15, 0.2) is 59.7 Å². The monoisotopic (exact) mass is 444 g/mol. The summed E-state index contributed by atoms with van der Waals surface area (Å²) in [6, 6.07) is 13.6. The van der Waals surface area contributed by atoms with Crippen LogP contribution in [0, 0.1) is 6.92 Å². The Hall–Kier alpha value is -3.38. The molecular formula is C27H32N4O2. The van der Waals surface area contributed by atoms with Crippen molar-refractivity contribution in [1.82, 2.24) is 19.4 Å². The minimum atomic E-state index is -0.115. The fourth-order valence-electron chi connectivity index (χ4n) is 4.33. The molecule has 0 fully saturated rings. The van der Waals surface area contributed by atoms with Crippen molar-refractivity contribution in [2.24, 2.45) is 7.05 Å². The predicted molar refractivity (Wildman–Crippen MR) is 133 cm³/mol. The van der Waals surface area contributed by atoms with Crippen LogP contribution in [0.1, 0.15) is 42.8 Å². The number of nitrogens with zero attached hydrogens (tertiary/aromatic N) is 3. The summed E-state index contributed by atoms with van der Waals surface area (Å²) in [6.07, 6.45) is 5.79. The number of pyridine rings is 2. The molecule has 1 aromatic carbocycles. The molecule has 0 atom stereocenters. The number of nitrogens with one attached hydrogen (secondary N) is 1. The molecule has 6 heteroatoms. The predicted octanol–water partition coefficient (Wildman–Crippen LogP) is 4.67. The fourth-order valence-corrected chi connectivity index (χ4v) is 4.33. The molecule has 0 saturated carbocycles. The molecule has 1 N–H and O–H groups in total. The average Bonchev–Trinajstić information content (AvgIpc) is 2.99. The third kappa shape index (κ3) is 4.71. The molecule has 6 nitrogen and oxygen atoms in total. The summed E-state index contributed by atoms with van der Waals surface area (Å²) in [7, 11) is 2.12. The zero-order chi connectivity index (χ0) is 23.4. The van der Waals surface area contributed by atoms with E-state index < -0.39 is 0 Å². The fraction of sp³-hybridized carbons (Fsp3) is 0.333. The molecule has 172 valence electrons. The third-order valence-corrected chi connectivity index (χ3v) is 6.04. The first-order valence-corrected chi connectivity index (χ1v) is 11.7. The van der Waals surface area contributed by atoms with Crippen molar-refractivity contribution >= 4 is 10.9 Å². The van der Waals surface area contributed by atoms with Crippen LogP contribution in [-0.4, -0.2) is 20.7 Å². The summed E-state index contributed by atoms with van der Waals surface area (Å²) in [5.41, 5.74) is 6.60. The summed E-state index contributed by atoms with van der Waals surface area (Å²) in [4.78, 5) is 17.1. The Labute approximate surface area is 194 Å². The zero-order valence-corrected chi connectivity index (χ0v) is 19.9. The Kier molecular flexibility index (Phi) is 6.94. The maximum Gasteiger partial charge on any atom is 0.258 e. The summed E-state index contributed by atoms with van der Waals surface area (Å²) in [5.74, 6) is 0.555. The van der Waals surface area contributed by atoms with Gasteiger partial charge in [-0.3, -0.25) is 14.3 Å². The largest absolute Gasteiger partial charge is 0.489 e. The Balaban J connectivity index is 0.00000126. The van der Waals surface area contributed by atoms with Gasteiger partial charge in [0.05, 0.1) is 11.2 Å². The summed E-state index contributed by atoms with van der Waals surface area (Å²) >= 11 is 0. The van der Waals surface area contributed by atoms with Gasteiger partial charge in [0.15, 0.2) is 0 Å². The molecular weight excluding hydrogens is 412 g/mol.